The summed E-state index contributed by atoms with van der Waals surface area (Å²) in [4.78, 5) is 31.9. The fraction of sp³-hybridized carbons (Fsp3) is 0.409. The number of rotatable bonds is 10. The predicted octanol–water partition coefficient (Wildman–Crippen LogP) is 3.32. The maximum atomic E-state index is 13.0. The number of aromatic nitrogens is 2. The van der Waals surface area contributed by atoms with Gasteiger partial charge in [0.15, 0.2) is 11.4 Å². The molecule has 35 heavy (non-hydrogen) atoms. The number of hydrogen-bond acceptors (Lipinski definition) is 8. The average Bonchev–Trinajstić information content (AvgIpc) is 2.75. The number of nitrogens with two attached hydrogens (primary N) is 1. The molecule has 5 N–H and O–H groups in total. The van der Waals surface area contributed by atoms with E-state index in [4.69, 9.17) is 10.5 Å². The van der Waals surface area contributed by atoms with Gasteiger partial charge in [-0.25, -0.2) is 0 Å². The van der Waals surface area contributed by atoms with E-state index in [1.165, 1.54) is 19.1 Å². The van der Waals surface area contributed by atoms with Gasteiger partial charge in [0, 0.05) is 19.2 Å². The van der Waals surface area contributed by atoms with Crippen molar-refractivity contribution in [1.82, 2.24) is 15.3 Å². The zero-order chi connectivity index (χ0) is 25.3. The molecular weight excluding hydrogens is 467 g/mol. The molecule has 2 aromatic rings. The molecule has 0 bridgehead atoms. The van der Waals surface area contributed by atoms with E-state index in [-0.39, 0.29) is 61.8 Å². The van der Waals surface area contributed by atoms with Crippen LogP contribution in [0.15, 0.2) is 24.3 Å². The van der Waals surface area contributed by atoms with E-state index >= 15 is 0 Å². The van der Waals surface area contributed by atoms with Gasteiger partial charge in [-0.2, -0.15) is 28.4 Å². The summed E-state index contributed by atoms with van der Waals surface area (Å²) in [7, 11) is 0. The maximum Gasteiger partial charge on any atom is 0.416 e. The number of carbonyl (C=O) groups is 2. The molecule has 190 valence electrons. The highest BCUT2D eigenvalue weighted by atomic mass is 19.4. The number of ether oxygens (including phenoxy) is 1. The van der Waals surface area contributed by atoms with Gasteiger partial charge < -0.3 is 26.4 Å². The van der Waals surface area contributed by atoms with Crippen molar-refractivity contribution >= 4 is 29.3 Å². The zero-order valence-electron chi connectivity index (χ0n) is 18.5. The highest BCUT2D eigenvalue weighted by Crippen LogP contribution is 2.31. The van der Waals surface area contributed by atoms with Crippen LogP contribution in [0.5, 0.6) is 5.88 Å². The number of carbonyl (C=O) groups excluding carboxylic acids is 2. The molecule has 0 aliphatic carbocycles. The van der Waals surface area contributed by atoms with Gasteiger partial charge >= 0.3 is 6.18 Å². The van der Waals surface area contributed by atoms with Crippen LogP contribution in [0.3, 0.4) is 0 Å². The molecule has 1 aromatic heterocycles. The molecule has 0 saturated heterocycles. The van der Waals surface area contributed by atoms with Crippen LogP contribution in [0.1, 0.15) is 45.2 Å². The molecule has 2 rings (SSSR count). The summed E-state index contributed by atoms with van der Waals surface area (Å²) in [5.74, 6) is -1.28. The van der Waals surface area contributed by atoms with Crippen LogP contribution in [0, 0.1) is 11.3 Å². The Balaban J connectivity index is 0.00000612. The average molecular weight is 496 g/mol. The van der Waals surface area contributed by atoms with Crippen LogP contribution < -0.4 is 26.4 Å². The molecule has 13 heteroatoms. The van der Waals surface area contributed by atoms with E-state index in [0.717, 1.165) is 12.1 Å². The Morgan fingerprint density at radius 1 is 1.29 bits per heavy atom. The van der Waals surface area contributed by atoms with Crippen molar-refractivity contribution < 1.29 is 27.5 Å². The molecule has 1 heterocycles. The minimum absolute atomic E-state index is 0. The van der Waals surface area contributed by atoms with Crippen molar-refractivity contribution in [2.45, 2.75) is 46.3 Å². The number of alkyl halides is 3. The lowest BCUT2D eigenvalue weighted by Gasteiger charge is -2.21. The fourth-order valence-electron chi connectivity index (χ4n) is 2.91. The molecule has 0 unspecified atom stereocenters. The zero-order valence-corrected chi connectivity index (χ0v) is 18.5. The van der Waals surface area contributed by atoms with Gasteiger partial charge in [-0.15, -0.1) is 0 Å². The second kappa shape index (κ2) is 13.0. The van der Waals surface area contributed by atoms with Gasteiger partial charge in [0.2, 0.25) is 23.6 Å². The topological polar surface area (TPSA) is 155 Å². The van der Waals surface area contributed by atoms with E-state index in [1.54, 1.807) is 6.92 Å². The third kappa shape index (κ3) is 8.65. The van der Waals surface area contributed by atoms with Crippen molar-refractivity contribution in [3.8, 4) is 11.9 Å². The molecule has 0 radical (unpaired) electrons. The van der Waals surface area contributed by atoms with Crippen LogP contribution in [0.2, 0.25) is 0 Å². The van der Waals surface area contributed by atoms with Crippen molar-refractivity contribution in [3.63, 3.8) is 0 Å². The van der Waals surface area contributed by atoms with Crippen molar-refractivity contribution in [2.24, 2.45) is 0 Å². The monoisotopic (exact) mass is 495 g/mol. The summed E-state index contributed by atoms with van der Waals surface area (Å²) in [6.45, 7) is 3.47. The van der Waals surface area contributed by atoms with Gasteiger partial charge in [0.1, 0.15) is 12.1 Å². The molecular formula is C22H28F3N7O3. The van der Waals surface area contributed by atoms with Gasteiger partial charge in [-0.3, -0.25) is 9.59 Å². The van der Waals surface area contributed by atoms with Crippen LogP contribution in [0.4, 0.5) is 30.6 Å². The second-order valence-electron chi connectivity index (χ2n) is 7.05. The summed E-state index contributed by atoms with van der Waals surface area (Å²) < 4.78 is 44.4. The van der Waals surface area contributed by atoms with Crippen molar-refractivity contribution in [2.75, 3.05) is 29.5 Å². The third-order valence-corrected chi connectivity index (χ3v) is 4.41. The lowest BCUT2D eigenvalue weighted by Crippen LogP contribution is -2.36. The summed E-state index contributed by atoms with van der Waals surface area (Å²) in [6, 6.07) is 5.04. The smallest absolute Gasteiger partial charge is 0.416 e. The molecule has 0 spiro atoms. The first kappa shape index (κ1) is 29.0. The van der Waals surface area contributed by atoms with Crippen LogP contribution >= 0.6 is 0 Å². The Labute approximate surface area is 201 Å². The summed E-state index contributed by atoms with van der Waals surface area (Å²) in [6.07, 6.45) is -4.09. The number of nitrogens with one attached hydrogen (secondary N) is 3. The number of anilines is 3. The largest absolute Gasteiger partial charge is 0.477 e. The highest BCUT2D eigenvalue weighted by molar-refractivity contribution is 5.96. The third-order valence-electron chi connectivity index (χ3n) is 4.41. The SMILES string of the molecule is C.CCOc1nc(N)nc(N[C@@H](CCCNC(C)=O)C(=O)Nc2cccc(C(F)(F)F)c2)c1C#N. The van der Waals surface area contributed by atoms with E-state index in [2.05, 4.69) is 25.9 Å². The summed E-state index contributed by atoms with van der Waals surface area (Å²) in [5.41, 5.74) is 4.62. The number of amides is 2. The fourth-order valence-corrected chi connectivity index (χ4v) is 2.91. The minimum atomic E-state index is -4.58. The summed E-state index contributed by atoms with van der Waals surface area (Å²) in [5, 5.41) is 17.4. The van der Waals surface area contributed by atoms with E-state index < -0.39 is 23.7 Å². The lowest BCUT2D eigenvalue weighted by atomic mass is 10.1. The molecule has 0 saturated carbocycles. The molecule has 1 aromatic carbocycles. The van der Waals surface area contributed by atoms with E-state index in [9.17, 15) is 28.0 Å². The lowest BCUT2D eigenvalue weighted by molar-refractivity contribution is -0.137. The standard InChI is InChI=1S/C21H24F3N7O3.CH4/c1-3-34-19-15(11-25)17(30-20(26)31-19)29-16(8-5-9-27-12(2)32)18(33)28-14-7-4-6-13(10-14)21(22,23)24;/h4,6-7,10,16H,3,5,8-9H2,1-2H3,(H,27,32)(H,28,33)(H3,26,29,30,31);1H4/t16-;/m0./s1. The molecule has 2 amide bonds. The molecule has 0 aliphatic heterocycles. The molecule has 0 aliphatic rings. The second-order valence-corrected chi connectivity index (χ2v) is 7.05. The quantitative estimate of drug-likeness (QED) is 0.366. The normalized spacial score (nSPS) is 11.4. The highest BCUT2D eigenvalue weighted by Gasteiger charge is 2.31. The number of hydrogen-bond donors (Lipinski definition) is 4. The van der Waals surface area contributed by atoms with Crippen molar-refractivity contribution in [3.05, 3.63) is 35.4 Å². The van der Waals surface area contributed by atoms with Crippen LogP contribution in [-0.4, -0.2) is 41.0 Å². The van der Waals surface area contributed by atoms with Crippen molar-refractivity contribution in [1.29, 1.82) is 5.26 Å². The Hall–Kier alpha value is -4.08. The summed E-state index contributed by atoms with van der Waals surface area (Å²) >= 11 is 0. The first-order valence-electron chi connectivity index (χ1n) is 10.2. The van der Waals surface area contributed by atoms with E-state index in [1.807, 2.05) is 6.07 Å². The number of nitriles is 1. The Kier molecular flexibility index (Phi) is 10.7. The number of nitrogens with zero attached hydrogens (tertiary/aromatic N) is 3. The number of halogens is 3. The van der Waals surface area contributed by atoms with Gasteiger partial charge in [0.25, 0.3) is 0 Å². The predicted molar refractivity (Wildman–Crippen MR) is 124 cm³/mol. The Morgan fingerprint density at radius 3 is 2.60 bits per heavy atom. The Bertz CT molecular complexity index is 1070. The molecule has 0 fully saturated rings. The maximum absolute atomic E-state index is 13.0. The first-order chi connectivity index (χ1) is 16.0. The van der Waals surface area contributed by atoms with Crippen LogP contribution in [-0.2, 0) is 15.8 Å². The van der Waals surface area contributed by atoms with Gasteiger partial charge in [0.05, 0.1) is 12.2 Å². The van der Waals surface area contributed by atoms with Gasteiger partial charge in [-0.05, 0) is 38.0 Å². The minimum Gasteiger partial charge on any atom is -0.477 e. The Morgan fingerprint density at radius 2 is 2.00 bits per heavy atom. The van der Waals surface area contributed by atoms with E-state index in [0.29, 0.717) is 6.42 Å². The van der Waals surface area contributed by atoms with Gasteiger partial charge in [-0.1, -0.05) is 13.5 Å². The number of benzene rings is 1. The van der Waals surface area contributed by atoms with Crippen LogP contribution in [0.25, 0.3) is 0 Å². The first-order valence-corrected chi connectivity index (χ1v) is 10.2. The molecule has 1 atom stereocenters. The molecule has 10 nitrogen and oxygen atoms in total. The number of nitrogen functional groups attached to an aromatic ring is 1.